The Morgan fingerprint density at radius 1 is 1.15 bits per heavy atom. The maximum absolute atomic E-state index is 3.60. The fourth-order valence-electron chi connectivity index (χ4n) is 2.67. The van der Waals surface area contributed by atoms with E-state index in [1.807, 2.05) is 0 Å². The molecule has 76 valence electrons. The van der Waals surface area contributed by atoms with Crippen LogP contribution >= 0.6 is 0 Å². The van der Waals surface area contributed by atoms with Gasteiger partial charge in [-0.15, -0.1) is 0 Å². The van der Waals surface area contributed by atoms with E-state index in [2.05, 4.69) is 24.1 Å². The molecule has 0 aromatic heterocycles. The lowest BCUT2D eigenvalue weighted by atomic mass is 9.99. The highest BCUT2D eigenvalue weighted by atomic mass is 15.2. The largest absolute Gasteiger partial charge is 0.310 e. The monoisotopic (exact) mass is 182 g/mol. The second kappa shape index (κ2) is 3.58. The molecule has 2 rings (SSSR count). The third-order valence-corrected chi connectivity index (χ3v) is 3.47. The minimum Gasteiger partial charge on any atom is -0.310 e. The van der Waals surface area contributed by atoms with Gasteiger partial charge in [-0.3, -0.25) is 4.90 Å². The van der Waals surface area contributed by atoms with Crippen LogP contribution in [-0.4, -0.2) is 36.1 Å². The lowest BCUT2D eigenvalue weighted by molar-refractivity contribution is 0.169. The first kappa shape index (κ1) is 9.47. The van der Waals surface area contributed by atoms with Gasteiger partial charge >= 0.3 is 0 Å². The van der Waals surface area contributed by atoms with Crippen molar-refractivity contribution in [2.45, 2.75) is 51.1 Å². The van der Waals surface area contributed by atoms with Crippen molar-refractivity contribution >= 4 is 0 Å². The summed E-state index contributed by atoms with van der Waals surface area (Å²) in [6.07, 6.45) is 5.60. The van der Waals surface area contributed by atoms with Crippen LogP contribution in [0.15, 0.2) is 0 Å². The van der Waals surface area contributed by atoms with Crippen LogP contribution in [0.1, 0.15) is 39.5 Å². The number of hydrogen-bond acceptors (Lipinski definition) is 2. The zero-order valence-electron chi connectivity index (χ0n) is 8.97. The molecule has 1 N–H and O–H groups in total. The molecule has 2 nitrogen and oxygen atoms in total. The van der Waals surface area contributed by atoms with Gasteiger partial charge in [0.1, 0.15) is 0 Å². The summed E-state index contributed by atoms with van der Waals surface area (Å²) >= 11 is 0. The van der Waals surface area contributed by atoms with Crippen molar-refractivity contribution in [1.29, 1.82) is 0 Å². The van der Waals surface area contributed by atoms with E-state index in [4.69, 9.17) is 0 Å². The lowest BCUT2D eigenvalue weighted by Gasteiger charge is -2.32. The summed E-state index contributed by atoms with van der Waals surface area (Å²) in [5.74, 6) is 0. The molecular weight excluding hydrogens is 160 g/mol. The Morgan fingerprint density at radius 2 is 1.85 bits per heavy atom. The molecule has 0 saturated carbocycles. The summed E-state index contributed by atoms with van der Waals surface area (Å²) in [5, 5.41) is 3.60. The van der Waals surface area contributed by atoms with Gasteiger partial charge in [-0.2, -0.15) is 0 Å². The van der Waals surface area contributed by atoms with E-state index < -0.39 is 0 Å². The van der Waals surface area contributed by atoms with E-state index in [9.17, 15) is 0 Å². The highest BCUT2D eigenvalue weighted by Crippen LogP contribution is 2.24. The summed E-state index contributed by atoms with van der Waals surface area (Å²) in [6, 6.07) is 0.815. The van der Waals surface area contributed by atoms with Crippen molar-refractivity contribution in [3.8, 4) is 0 Å². The number of rotatable bonds is 1. The number of nitrogens with zero attached hydrogens (tertiary/aromatic N) is 1. The fraction of sp³-hybridized carbons (Fsp3) is 1.00. The normalized spacial score (nSPS) is 35.1. The van der Waals surface area contributed by atoms with Crippen molar-refractivity contribution < 1.29 is 0 Å². The molecule has 0 aromatic carbocycles. The van der Waals surface area contributed by atoms with Crippen LogP contribution < -0.4 is 5.32 Å². The van der Waals surface area contributed by atoms with Gasteiger partial charge in [0, 0.05) is 18.1 Å². The Hall–Kier alpha value is -0.0800. The van der Waals surface area contributed by atoms with E-state index in [-0.39, 0.29) is 0 Å². The number of piperidine rings is 1. The molecule has 0 aliphatic carbocycles. The highest BCUT2D eigenvalue weighted by molar-refractivity contribution is 4.94. The van der Waals surface area contributed by atoms with Gasteiger partial charge in [0.2, 0.25) is 0 Å². The van der Waals surface area contributed by atoms with Gasteiger partial charge in [0.25, 0.3) is 0 Å². The van der Waals surface area contributed by atoms with E-state index in [1.165, 1.54) is 45.3 Å². The van der Waals surface area contributed by atoms with Crippen molar-refractivity contribution in [3.63, 3.8) is 0 Å². The summed E-state index contributed by atoms with van der Waals surface area (Å²) in [7, 11) is 0. The third-order valence-electron chi connectivity index (χ3n) is 3.47. The molecule has 0 aromatic rings. The van der Waals surface area contributed by atoms with Crippen LogP contribution in [0.5, 0.6) is 0 Å². The van der Waals surface area contributed by atoms with Gasteiger partial charge in [-0.25, -0.2) is 0 Å². The smallest absolute Gasteiger partial charge is 0.0238 e. The fourth-order valence-corrected chi connectivity index (χ4v) is 2.67. The van der Waals surface area contributed by atoms with Crippen LogP contribution in [0.4, 0.5) is 0 Å². The Bertz CT molecular complexity index is 171. The van der Waals surface area contributed by atoms with E-state index in [1.54, 1.807) is 0 Å². The van der Waals surface area contributed by atoms with Gasteiger partial charge in [0.15, 0.2) is 0 Å². The minimum absolute atomic E-state index is 0.377. The zero-order chi connectivity index (χ0) is 9.31. The molecule has 1 atom stereocenters. The van der Waals surface area contributed by atoms with Crippen molar-refractivity contribution in [3.05, 3.63) is 0 Å². The molecule has 0 amide bonds. The third kappa shape index (κ3) is 2.23. The topological polar surface area (TPSA) is 15.3 Å². The molecule has 2 saturated heterocycles. The van der Waals surface area contributed by atoms with Crippen molar-refractivity contribution in [1.82, 2.24) is 10.2 Å². The van der Waals surface area contributed by atoms with Crippen molar-refractivity contribution in [2.75, 3.05) is 19.6 Å². The first-order valence-electron chi connectivity index (χ1n) is 5.66. The Kier molecular flexibility index (Phi) is 2.61. The second-order valence-corrected chi connectivity index (χ2v) is 5.22. The average molecular weight is 182 g/mol. The van der Waals surface area contributed by atoms with E-state index in [0.29, 0.717) is 5.54 Å². The zero-order valence-corrected chi connectivity index (χ0v) is 8.97. The van der Waals surface area contributed by atoms with Gasteiger partial charge in [-0.05, 0) is 46.2 Å². The van der Waals surface area contributed by atoms with Gasteiger partial charge in [-0.1, -0.05) is 6.42 Å². The highest BCUT2D eigenvalue weighted by Gasteiger charge is 2.33. The van der Waals surface area contributed by atoms with E-state index in [0.717, 1.165) is 6.04 Å². The molecule has 2 aliphatic heterocycles. The summed E-state index contributed by atoms with van der Waals surface area (Å²) in [4.78, 5) is 2.69. The molecule has 0 bridgehead atoms. The van der Waals surface area contributed by atoms with Crippen LogP contribution in [0.2, 0.25) is 0 Å². The number of hydrogen-bond donors (Lipinski definition) is 1. The molecule has 2 fully saturated rings. The second-order valence-electron chi connectivity index (χ2n) is 5.22. The van der Waals surface area contributed by atoms with Gasteiger partial charge in [0.05, 0.1) is 0 Å². The first-order chi connectivity index (χ1) is 6.17. The molecule has 0 radical (unpaired) electrons. The number of nitrogens with one attached hydrogen (secondary N) is 1. The molecule has 13 heavy (non-hydrogen) atoms. The van der Waals surface area contributed by atoms with Crippen LogP contribution in [0.3, 0.4) is 0 Å². The SMILES string of the molecule is CC1(C)CC(N2CCCCC2)CN1. The molecule has 2 aliphatic rings. The van der Waals surface area contributed by atoms with Crippen molar-refractivity contribution in [2.24, 2.45) is 0 Å². The molecule has 2 heteroatoms. The summed E-state index contributed by atoms with van der Waals surface area (Å²) in [6.45, 7) is 8.51. The van der Waals surface area contributed by atoms with Gasteiger partial charge < -0.3 is 5.32 Å². The van der Waals surface area contributed by atoms with Crippen LogP contribution in [0, 0.1) is 0 Å². The maximum Gasteiger partial charge on any atom is 0.0238 e. The molecule has 2 heterocycles. The standard InChI is InChI=1S/C11H22N2/c1-11(2)8-10(9-12-11)13-6-4-3-5-7-13/h10,12H,3-9H2,1-2H3. The predicted molar refractivity (Wildman–Crippen MR) is 55.9 cm³/mol. The Labute approximate surface area is 81.7 Å². The first-order valence-corrected chi connectivity index (χ1v) is 5.66. The molecular formula is C11H22N2. The summed E-state index contributed by atoms with van der Waals surface area (Å²) in [5.41, 5.74) is 0.377. The maximum atomic E-state index is 3.60. The van der Waals surface area contributed by atoms with E-state index >= 15 is 0 Å². The average Bonchev–Trinajstić information content (AvgIpc) is 2.48. The molecule has 1 unspecified atom stereocenters. The van der Waals surface area contributed by atoms with Crippen LogP contribution in [0.25, 0.3) is 0 Å². The minimum atomic E-state index is 0.377. The van der Waals surface area contributed by atoms with Crippen LogP contribution in [-0.2, 0) is 0 Å². The predicted octanol–water partition coefficient (Wildman–Crippen LogP) is 1.61. The lowest BCUT2D eigenvalue weighted by Crippen LogP contribution is -2.40. The molecule has 0 spiro atoms. The quantitative estimate of drug-likeness (QED) is 0.663. The Morgan fingerprint density at radius 3 is 2.38 bits per heavy atom. The summed E-state index contributed by atoms with van der Waals surface area (Å²) < 4.78 is 0. The Balaban J connectivity index is 1.87. The number of likely N-dealkylation sites (tertiary alicyclic amines) is 1.